The van der Waals surface area contributed by atoms with E-state index in [0.29, 0.717) is 28.1 Å². The molecule has 3 heterocycles. The van der Waals surface area contributed by atoms with Crippen LogP contribution in [0.4, 0.5) is 5.82 Å². The van der Waals surface area contributed by atoms with Gasteiger partial charge in [-0.15, -0.1) is 0 Å². The lowest BCUT2D eigenvalue weighted by Crippen LogP contribution is -1.95. The molecule has 2 N–H and O–H groups in total. The van der Waals surface area contributed by atoms with Crippen molar-refractivity contribution in [1.82, 2.24) is 25.1 Å². The van der Waals surface area contributed by atoms with Crippen molar-refractivity contribution in [3.05, 3.63) is 59.4 Å². The number of nitrogens with zero attached hydrogens (tertiary/aromatic N) is 5. The molecule has 26 heavy (non-hydrogen) atoms. The Hall–Kier alpha value is -3.32. The molecule has 0 aliphatic carbocycles. The maximum Gasteiger partial charge on any atom is 0.296 e. The van der Waals surface area contributed by atoms with Gasteiger partial charge in [0.15, 0.2) is 0 Å². The van der Waals surface area contributed by atoms with Crippen molar-refractivity contribution in [2.45, 2.75) is 6.92 Å². The maximum absolute atomic E-state index is 5.95. The summed E-state index contributed by atoms with van der Waals surface area (Å²) in [6.45, 7) is 1.88. The van der Waals surface area contributed by atoms with Crippen LogP contribution in [0.15, 0.2) is 53.2 Å². The summed E-state index contributed by atoms with van der Waals surface area (Å²) < 4.78 is 5.33. The lowest BCUT2D eigenvalue weighted by molar-refractivity contribution is 0.429. The molecule has 128 valence electrons. The van der Waals surface area contributed by atoms with Crippen molar-refractivity contribution in [3.8, 4) is 34.4 Å². The van der Waals surface area contributed by atoms with Gasteiger partial charge in [-0.05, 0) is 37.3 Å². The van der Waals surface area contributed by atoms with E-state index in [1.807, 2.05) is 37.3 Å². The maximum atomic E-state index is 5.95. The molecule has 0 atom stereocenters. The molecule has 0 bridgehead atoms. The minimum Gasteiger partial charge on any atom is -0.384 e. The predicted molar refractivity (Wildman–Crippen MR) is 98.2 cm³/mol. The van der Waals surface area contributed by atoms with Gasteiger partial charge in [-0.25, -0.2) is 15.0 Å². The number of rotatable bonds is 3. The van der Waals surface area contributed by atoms with Crippen LogP contribution in [0.5, 0.6) is 0 Å². The minimum absolute atomic E-state index is 0.232. The van der Waals surface area contributed by atoms with E-state index in [0.717, 1.165) is 17.0 Å². The fourth-order valence-electron chi connectivity index (χ4n) is 2.40. The zero-order valence-electron chi connectivity index (χ0n) is 13.7. The van der Waals surface area contributed by atoms with Gasteiger partial charge < -0.3 is 10.3 Å². The summed E-state index contributed by atoms with van der Waals surface area (Å²) in [5.41, 5.74) is 8.74. The molecule has 0 radical (unpaired) electrons. The van der Waals surface area contributed by atoms with E-state index >= 15 is 0 Å². The Bertz CT molecular complexity index is 1060. The summed E-state index contributed by atoms with van der Waals surface area (Å²) in [4.78, 5) is 17.3. The molecular weight excluding hydrogens is 352 g/mol. The van der Waals surface area contributed by atoms with Gasteiger partial charge >= 0.3 is 0 Å². The lowest BCUT2D eigenvalue weighted by Gasteiger charge is -2.04. The SMILES string of the molecule is Cc1cc(-c2ccc(Cl)cc2)nc(-c2nc(-c3ccc(N)nc3)no2)n1. The van der Waals surface area contributed by atoms with Crippen LogP contribution < -0.4 is 5.73 Å². The fraction of sp³-hybridized carbons (Fsp3) is 0.0556. The molecule has 0 saturated heterocycles. The van der Waals surface area contributed by atoms with E-state index in [-0.39, 0.29) is 5.89 Å². The summed E-state index contributed by atoms with van der Waals surface area (Å²) in [5.74, 6) is 1.41. The Morgan fingerprint density at radius 2 is 1.69 bits per heavy atom. The zero-order chi connectivity index (χ0) is 18.1. The van der Waals surface area contributed by atoms with Gasteiger partial charge in [0.05, 0.1) is 5.69 Å². The van der Waals surface area contributed by atoms with Crippen molar-refractivity contribution >= 4 is 17.4 Å². The number of nitrogens with two attached hydrogens (primary N) is 1. The second-order valence-corrected chi connectivity index (χ2v) is 6.06. The van der Waals surface area contributed by atoms with Gasteiger partial charge in [-0.2, -0.15) is 4.98 Å². The monoisotopic (exact) mass is 364 g/mol. The Morgan fingerprint density at radius 3 is 2.42 bits per heavy atom. The second kappa shape index (κ2) is 6.53. The molecule has 0 amide bonds. The number of hydrogen-bond donors (Lipinski definition) is 1. The number of benzene rings is 1. The first-order valence-electron chi connectivity index (χ1n) is 7.76. The van der Waals surface area contributed by atoms with Crippen molar-refractivity contribution < 1.29 is 4.52 Å². The molecule has 3 aromatic heterocycles. The zero-order valence-corrected chi connectivity index (χ0v) is 14.5. The first kappa shape index (κ1) is 16.2. The van der Waals surface area contributed by atoms with E-state index in [9.17, 15) is 0 Å². The normalized spacial score (nSPS) is 10.8. The van der Waals surface area contributed by atoms with Crippen LogP contribution in [-0.4, -0.2) is 25.1 Å². The van der Waals surface area contributed by atoms with Crippen LogP contribution in [0.25, 0.3) is 34.4 Å². The number of hydrogen-bond acceptors (Lipinski definition) is 7. The van der Waals surface area contributed by atoms with Crippen LogP contribution in [0.1, 0.15) is 5.69 Å². The molecule has 0 unspecified atom stereocenters. The molecule has 7 nitrogen and oxygen atoms in total. The van der Waals surface area contributed by atoms with Crippen LogP contribution >= 0.6 is 11.6 Å². The molecule has 0 saturated carbocycles. The van der Waals surface area contributed by atoms with E-state index in [2.05, 4.69) is 25.1 Å². The van der Waals surface area contributed by atoms with Gasteiger partial charge in [0.1, 0.15) is 5.82 Å². The third-order valence-corrected chi connectivity index (χ3v) is 3.91. The molecule has 1 aromatic carbocycles. The first-order chi connectivity index (χ1) is 12.6. The third-order valence-electron chi connectivity index (χ3n) is 3.66. The molecule has 0 aliphatic heterocycles. The standard InChI is InChI=1S/C18H13ClN6O/c1-10-8-14(11-2-5-13(19)6-3-11)23-17(22-10)18-24-16(25-26-18)12-4-7-15(20)21-9-12/h2-9H,1H3,(H2,20,21). The number of aryl methyl sites for hydroxylation is 1. The van der Waals surface area contributed by atoms with E-state index in [1.54, 1.807) is 18.3 Å². The fourth-order valence-corrected chi connectivity index (χ4v) is 2.53. The number of pyridine rings is 1. The lowest BCUT2D eigenvalue weighted by atomic mass is 10.1. The molecule has 4 aromatic rings. The number of aromatic nitrogens is 5. The molecule has 4 rings (SSSR count). The quantitative estimate of drug-likeness (QED) is 0.589. The summed E-state index contributed by atoms with van der Waals surface area (Å²) >= 11 is 5.95. The molecule has 0 spiro atoms. The minimum atomic E-state index is 0.232. The molecule has 0 fully saturated rings. The largest absolute Gasteiger partial charge is 0.384 e. The number of halogens is 1. The van der Waals surface area contributed by atoms with Gasteiger partial charge in [-0.3, -0.25) is 0 Å². The highest BCUT2D eigenvalue weighted by Crippen LogP contribution is 2.24. The Labute approximate surface area is 153 Å². The van der Waals surface area contributed by atoms with E-state index in [4.69, 9.17) is 21.9 Å². The van der Waals surface area contributed by atoms with E-state index < -0.39 is 0 Å². The highest BCUT2D eigenvalue weighted by molar-refractivity contribution is 6.30. The highest BCUT2D eigenvalue weighted by atomic mass is 35.5. The van der Waals surface area contributed by atoms with E-state index in [1.165, 1.54) is 0 Å². The topological polar surface area (TPSA) is 104 Å². The van der Waals surface area contributed by atoms with Crippen LogP contribution in [0.2, 0.25) is 5.02 Å². The average molecular weight is 365 g/mol. The second-order valence-electron chi connectivity index (χ2n) is 5.62. The van der Waals surface area contributed by atoms with Crippen LogP contribution in [0, 0.1) is 6.92 Å². The van der Waals surface area contributed by atoms with Crippen molar-refractivity contribution in [1.29, 1.82) is 0 Å². The molecule has 8 heteroatoms. The van der Waals surface area contributed by atoms with Crippen LogP contribution in [0.3, 0.4) is 0 Å². The van der Waals surface area contributed by atoms with Crippen molar-refractivity contribution in [3.63, 3.8) is 0 Å². The molecular formula is C18H13ClN6O. The van der Waals surface area contributed by atoms with Gasteiger partial charge in [0.25, 0.3) is 5.89 Å². The number of anilines is 1. The third kappa shape index (κ3) is 3.25. The summed E-state index contributed by atoms with van der Waals surface area (Å²) in [7, 11) is 0. The Morgan fingerprint density at radius 1 is 0.923 bits per heavy atom. The van der Waals surface area contributed by atoms with Crippen LogP contribution in [-0.2, 0) is 0 Å². The molecule has 0 aliphatic rings. The smallest absolute Gasteiger partial charge is 0.296 e. The predicted octanol–water partition coefficient (Wildman–Crippen LogP) is 3.80. The first-order valence-corrected chi connectivity index (χ1v) is 8.14. The Kier molecular flexibility index (Phi) is 4.06. The van der Waals surface area contributed by atoms with Gasteiger partial charge in [-0.1, -0.05) is 28.9 Å². The van der Waals surface area contributed by atoms with Crippen molar-refractivity contribution in [2.75, 3.05) is 5.73 Å². The van der Waals surface area contributed by atoms with Gasteiger partial charge in [0.2, 0.25) is 11.6 Å². The summed E-state index contributed by atoms with van der Waals surface area (Å²) in [5, 5.41) is 4.64. The van der Waals surface area contributed by atoms with Gasteiger partial charge in [0, 0.05) is 28.0 Å². The van der Waals surface area contributed by atoms with Crippen molar-refractivity contribution in [2.24, 2.45) is 0 Å². The summed E-state index contributed by atoms with van der Waals surface area (Å²) in [6, 6.07) is 12.7. The Balaban J connectivity index is 1.72. The average Bonchev–Trinajstić information content (AvgIpc) is 3.12. The summed E-state index contributed by atoms with van der Waals surface area (Å²) in [6.07, 6.45) is 1.58. The highest BCUT2D eigenvalue weighted by Gasteiger charge is 2.15. The number of nitrogen functional groups attached to an aromatic ring is 1.